The first-order valence-electron chi connectivity index (χ1n) is 10.9. The highest BCUT2D eigenvalue weighted by Gasteiger charge is 2.29. The molecule has 4 aromatic rings. The van der Waals surface area contributed by atoms with Crippen LogP contribution in [0.1, 0.15) is 22.3 Å². The van der Waals surface area contributed by atoms with Gasteiger partial charge in [0.2, 0.25) is 0 Å². The van der Waals surface area contributed by atoms with Gasteiger partial charge in [0.25, 0.3) is 0 Å². The maximum absolute atomic E-state index is 13.0. The van der Waals surface area contributed by atoms with Gasteiger partial charge in [0.1, 0.15) is 6.61 Å². The van der Waals surface area contributed by atoms with Crippen LogP contribution in [-0.4, -0.2) is 47.1 Å². The zero-order valence-corrected chi connectivity index (χ0v) is 20.0. The number of benzene rings is 3. The van der Waals surface area contributed by atoms with Gasteiger partial charge in [-0.25, -0.2) is 0 Å². The second kappa shape index (κ2) is 10.1. The smallest absolute Gasteiger partial charge is 0.196 e. The highest BCUT2D eigenvalue weighted by Crippen LogP contribution is 2.37. The molecular weight excluding hydrogens is 466 g/mol. The van der Waals surface area contributed by atoms with Crippen molar-refractivity contribution in [3.63, 3.8) is 0 Å². The minimum Gasteiger partial charge on any atom is -0.493 e. The Morgan fingerprint density at radius 2 is 1.71 bits per heavy atom. The van der Waals surface area contributed by atoms with E-state index < -0.39 is 6.10 Å². The Labute approximate surface area is 206 Å². The van der Waals surface area contributed by atoms with Gasteiger partial charge >= 0.3 is 0 Å². The van der Waals surface area contributed by atoms with Crippen molar-refractivity contribution in [1.82, 2.24) is 14.8 Å². The number of thioether (sulfide) groups is 1. The number of carbonyl (C=O) groups excluding carboxylic acids is 1. The van der Waals surface area contributed by atoms with Gasteiger partial charge < -0.3 is 18.9 Å². The first kappa shape index (κ1) is 22.8. The third kappa shape index (κ3) is 4.67. The Kier molecular flexibility index (Phi) is 6.58. The van der Waals surface area contributed by atoms with Crippen LogP contribution < -0.4 is 18.9 Å². The molecule has 35 heavy (non-hydrogen) atoms. The third-order valence-corrected chi connectivity index (χ3v) is 6.44. The number of Topliss-reactive ketones (excluding diaryl/α,β-unsaturated/α-hetero) is 1. The average Bonchev–Trinajstić information content (AvgIpc) is 3.35. The number of fused-ring (bicyclic) bond motifs is 1. The summed E-state index contributed by atoms with van der Waals surface area (Å²) in [5.41, 5.74) is 1.40. The zero-order chi connectivity index (χ0) is 24.2. The van der Waals surface area contributed by atoms with E-state index in [2.05, 4.69) is 10.2 Å². The molecule has 1 aliphatic rings. The Morgan fingerprint density at radius 1 is 0.971 bits per heavy atom. The van der Waals surface area contributed by atoms with E-state index in [1.54, 1.807) is 32.4 Å². The van der Waals surface area contributed by atoms with Crippen LogP contribution in [-0.2, 0) is 0 Å². The number of nitrogens with zero attached hydrogens (tertiary/aromatic N) is 3. The zero-order valence-electron chi connectivity index (χ0n) is 19.2. The Morgan fingerprint density at radius 3 is 2.49 bits per heavy atom. The number of methoxy groups -OCH3 is 2. The fourth-order valence-corrected chi connectivity index (χ4v) is 4.63. The highest BCUT2D eigenvalue weighted by atomic mass is 32.2. The van der Waals surface area contributed by atoms with Crippen molar-refractivity contribution in [2.45, 2.75) is 11.3 Å². The highest BCUT2D eigenvalue weighted by molar-refractivity contribution is 7.99. The molecule has 0 saturated heterocycles. The molecule has 5 rings (SSSR count). The van der Waals surface area contributed by atoms with Crippen molar-refractivity contribution in [2.75, 3.05) is 26.6 Å². The number of para-hydroxylation sites is 3. The van der Waals surface area contributed by atoms with E-state index in [1.807, 2.05) is 59.2 Å². The molecule has 9 heteroatoms. The summed E-state index contributed by atoms with van der Waals surface area (Å²) in [5, 5.41) is 9.41. The maximum Gasteiger partial charge on any atom is 0.196 e. The SMILES string of the molecule is COc1ccc(C(=O)CSc2nnc([C@@H]3COc4ccccc4O3)n2-c2ccccc2)cc1OC. The molecule has 178 valence electrons. The lowest BCUT2D eigenvalue weighted by Crippen LogP contribution is -2.24. The lowest BCUT2D eigenvalue weighted by atomic mass is 10.1. The van der Waals surface area contributed by atoms with Crippen LogP contribution in [0.5, 0.6) is 23.0 Å². The summed E-state index contributed by atoms with van der Waals surface area (Å²) in [6, 6.07) is 22.4. The molecule has 0 aliphatic carbocycles. The van der Waals surface area contributed by atoms with Gasteiger partial charge in [-0.1, -0.05) is 42.1 Å². The standard InChI is InChI=1S/C26H23N3O5S/c1-31-20-13-12-17(14-23(20)32-2)19(30)16-35-26-28-27-25(29(26)18-8-4-3-5-9-18)24-15-33-21-10-6-7-11-22(21)34-24/h3-14,24H,15-16H2,1-2H3/t24-/m0/s1. The summed E-state index contributed by atoms with van der Waals surface area (Å²) in [5.74, 6) is 3.15. The molecule has 0 fully saturated rings. The fraction of sp³-hybridized carbons (Fsp3) is 0.192. The number of ketones is 1. The van der Waals surface area contributed by atoms with E-state index >= 15 is 0 Å². The van der Waals surface area contributed by atoms with Crippen LogP contribution >= 0.6 is 11.8 Å². The minimum absolute atomic E-state index is 0.0636. The number of hydrogen-bond acceptors (Lipinski definition) is 8. The van der Waals surface area contributed by atoms with Crippen LogP contribution in [0.4, 0.5) is 0 Å². The van der Waals surface area contributed by atoms with Crippen LogP contribution in [0.25, 0.3) is 5.69 Å². The largest absolute Gasteiger partial charge is 0.493 e. The van der Waals surface area contributed by atoms with Crippen LogP contribution in [0.2, 0.25) is 0 Å². The number of aromatic nitrogens is 3. The van der Waals surface area contributed by atoms with Crippen LogP contribution in [0, 0.1) is 0 Å². The maximum atomic E-state index is 13.0. The van der Waals surface area contributed by atoms with Gasteiger partial charge in [-0.2, -0.15) is 0 Å². The van der Waals surface area contributed by atoms with Crippen LogP contribution in [0.3, 0.4) is 0 Å². The predicted octanol–water partition coefficient (Wildman–Crippen LogP) is 4.77. The first-order valence-corrected chi connectivity index (χ1v) is 11.9. The van der Waals surface area contributed by atoms with E-state index in [-0.39, 0.29) is 11.5 Å². The van der Waals surface area contributed by atoms with E-state index in [0.717, 1.165) is 5.69 Å². The van der Waals surface area contributed by atoms with E-state index in [4.69, 9.17) is 18.9 Å². The summed E-state index contributed by atoms with van der Waals surface area (Å²) in [6.45, 7) is 0.303. The summed E-state index contributed by atoms with van der Waals surface area (Å²) >= 11 is 1.31. The van der Waals surface area contributed by atoms with Crippen molar-refractivity contribution in [3.8, 4) is 28.7 Å². The molecule has 2 heterocycles. The number of ether oxygens (including phenoxy) is 4. The van der Waals surface area contributed by atoms with E-state index in [1.165, 1.54) is 11.8 Å². The molecule has 0 spiro atoms. The second-order valence-corrected chi connectivity index (χ2v) is 8.60. The Hall–Kier alpha value is -3.98. The average molecular weight is 490 g/mol. The van der Waals surface area contributed by atoms with Gasteiger partial charge in [0.15, 0.2) is 45.9 Å². The molecule has 0 radical (unpaired) electrons. The Balaban J connectivity index is 1.41. The van der Waals surface area contributed by atoms with Gasteiger partial charge in [-0.3, -0.25) is 9.36 Å². The normalized spacial score (nSPS) is 14.4. The molecule has 0 bridgehead atoms. The summed E-state index contributed by atoms with van der Waals surface area (Å²) in [6.07, 6.45) is -0.450. The second-order valence-electron chi connectivity index (χ2n) is 7.66. The third-order valence-electron chi connectivity index (χ3n) is 5.51. The molecule has 0 unspecified atom stereocenters. The molecule has 1 aliphatic heterocycles. The van der Waals surface area contributed by atoms with Crippen molar-refractivity contribution in [3.05, 3.63) is 84.2 Å². The topological polar surface area (TPSA) is 84.7 Å². The van der Waals surface area contributed by atoms with Crippen molar-refractivity contribution < 1.29 is 23.7 Å². The van der Waals surface area contributed by atoms with Gasteiger partial charge in [-0.15, -0.1) is 10.2 Å². The summed E-state index contributed by atoms with van der Waals surface area (Å²) < 4.78 is 24.6. The number of rotatable bonds is 8. The van der Waals surface area contributed by atoms with Crippen molar-refractivity contribution in [1.29, 1.82) is 0 Å². The van der Waals surface area contributed by atoms with E-state index in [0.29, 0.717) is 46.1 Å². The van der Waals surface area contributed by atoms with Crippen molar-refractivity contribution >= 4 is 17.5 Å². The minimum atomic E-state index is -0.450. The number of carbonyl (C=O) groups is 1. The molecule has 0 N–H and O–H groups in total. The molecule has 1 aromatic heterocycles. The van der Waals surface area contributed by atoms with Gasteiger partial charge in [0, 0.05) is 11.3 Å². The Bertz CT molecular complexity index is 1340. The number of hydrogen-bond donors (Lipinski definition) is 0. The lowest BCUT2D eigenvalue weighted by Gasteiger charge is -2.26. The lowest BCUT2D eigenvalue weighted by molar-refractivity contribution is 0.0835. The van der Waals surface area contributed by atoms with Crippen LogP contribution in [0.15, 0.2) is 78.0 Å². The van der Waals surface area contributed by atoms with Gasteiger partial charge in [0.05, 0.1) is 20.0 Å². The fourth-order valence-electron chi connectivity index (χ4n) is 3.77. The predicted molar refractivity (Wildman–Crippen MR) is 131 cm³/mol. The molecule has 8 nitrogen and oxygen atoms in total. The summed E-state index contributed by atoms with van der Waals surface area (Å²) in [7, 11) is 3.10. The summed E-state index contributed by atoms with van der Waals surface area (Å²) in [4.78, 5) is 13.0. The monoisotopic (exact) mass is 489 g/mol. The molecule has 0 saturated carbocycles. The quantitative estimate of drug-likeness (QED) is 0.258. The molecule has 3 aromatic carbocycles. The molecule has 1 atom stereocenters. The van der Waals surface area contributed by atoms with Gasteiger partial charge in [-0.05, 0) is 42.5 Å². The molecular formula is C26H23N3O5S. The van der Waals surface area contributed by atoms with E-state index in [9.17, 15) is 4.79 Å². The first-order chi connectivity index (χ1) is 17.2. The molecule has 0 amide bonds. The van der Waals surface area contributed by atoms with Crippen molar-refractivity contribution in [2.24, 2.45) is 0 Å².